The van der Waals surface area contributed by atoms with Crippen LogP contribution in [0, 0.1) is 0 Å². The van der Waals surface area contributed by atoms with Gasteiger partial charge < -0.3 is 25.6 Å². The summed E-state index contributed by atoms with van der Waals surface area (Å²) in [6.07, 6.45) is 3.60. The molecular weight excluding hydrogens is 384 g/mol. The highest BCUT2D eigenvalue weighted by Crippen LogP contribution is 2.37. The average Bonchev–Trinajstić information content (AvgIpc) is 3.04. The molecule has 0 atom stereocenters. The van der Waals surface area contributed by atoms with Gasteiger partial charge in [-0.05, 0) is 43.4 Å². The van der Waals surface area contributed by atoms with E-state index < -0.39 is 24.4 Å². The number of rotatable bonds is 6. The quantitative estimate of drug-likeness (QED) is 0.634. The van der Waals surface area contributed by atoms with Crippen LogP contribution in [0.3, 0.4) is 0 Å². The van der Waals surface area contributed by atoms with E-state index in [1.165, 1.54) is 36.6 Å². The molecule has 0 fully saturated rings. The average molecular weight is 404 g/mol. The summed E-state index contributed by atoms with van der Waals surface area (Å²) in [5.74, 6) is -2.30. The van der Waals surface area contributed by atoms with Crippen LogP contribution in [0.15, 0.2) is 18.2 Å². The molecule has 0 unspecified atom stereocenters. The summed E-state index contributed by atoms with van der Waals surface area (Å²) >= 11 is 1.33. The molecule has 0 aliphatic heterocycles. The highest BCUT2D eigenvalue weighted by molar-refractivity contribution is 7.17. The van der Waals surface area contributed by atoms with E-state index in [0.717, 1.165) is 36.1 Å². The number of methoxy groups -OCH3 is 1. The molecule has 3 rings (SSSR count). The number of phenols is 1. The molecular formula is C19H20N2O6S. The fraction of sp³-hybridized carbons (Fsp3) is 0.316. The van der Waals surface area contributed by atoms with Crippen molar-refractivity contribution in [2.75, 3.05) is 19.0 Å². The van der Waals surface area contributed by atoms with Gasteiger partial charge in [-0.2, -0.15) is 0 Å². The first-order valence-electron chi connectivity index (χ1n) is 8.69. The molecule has 2 amide bonds. The first kappa shape index (κ1) is 19.7. The zero-order chi connectivity index (χ0) is 20.3. The van der Waals surface area contributed by atoms with Crippen molar-refractivity contribution in [3.05, 3.63) is 39.8 Å². The first-order valence-corrected chi connectivity index (χ1v) is 9.51. The number of phenolic OH excluding ortho intramolecular Hbond substituents is 1. The van der Waals surface area contributed by atoms with Gasteiger partial charge in [-0.25, -0.2) is 4.79 Å². The summed E-state index contributed by atoms with van der Waals surface area (Å²) < 4.78 is 9.90. The Balaban J connectivity index is 1.68. The highest BCUT2D eigenvalue weighted by Gasteiger charge is 2.25. The number of fused-ring (bicyclic) bond motifs is 1. The topological polar surface area (TPSA) is 128 Å². The number of aryl methyl sites for hydroxylation is 1. The van der Waals surface area contributed by atoms with Crippen LogP contribution >= 0.6 is 11.3 Å². The monoisotopic (exact) mass is 404 g/mol. The molecule has 0 radical (unpaired) electrons. The molecule has 1 aliphatic rings. The maximum absolute atomic E-state index is 12.2. The van der Waals surface area contributed by atoms with Crippen LogP contribution in [-0.4, -0.2) is 36.6 Å². The number of nitrogens with two attached hydrogens (primary N) is 1. The number of primary amides is 1. The number of carbonyl (C=O) groups excluding carboxylic acids is 3. The molecule has 148 valence electrons. The Labute approximate surface area is 165 Å². The van der Waals surface area contributed by atoms with E-state index in [2.05, 4.69) is 5.32 Å². The van der Waals surface area contributed by atoms with Crippen LogP contribution in [0.1, 0.15) is 44.0 Å². The first-order chi connectivity index (χ1) is 13.4. The number of ether oxygens (including phenoxy) is 2. The van der Waals surface area contributed by atoms with Gasteiger partial charge in [-0.15, -0.1) is 11.3 Å². The van der Waals surface area contributed by atoms with Gasteiger partial charge in [0.2, 0.25) is 0 Å². The summed E-state index contributed by atoms with van der Waals surface area (Å²) in [6, 6.07) is 4.36. The number of carbonyl (C=O) groups is 3. The van der Waals surface area contributed by atoms with Gasteiger partial charge in [0.15, 0.2) is 18.1 Å². The maximum atomic E-state index is 12.2. The summed E-state index contributed by atoms with van der Waals surface area (Å²) in [5, 5.41) is 13.0. The lowest BCUT2D eigenvalue weighted by molar-refractivity contribution is -0.119. The summed E-state index contributed by atoms with van der Waals surface area (Å²) in [7, 11) is 1.36. The van der Waals surface area contributed by atoms with E-state index in [9.17, 15) is 19.5 Å². The van der Waals surface area contributed by atoms with Gasteiger partial charge in [0, 0.05) is 4.88 Å². The van der Waals surface area contributed by atoms with E-state index in [-0.39, 0.29) is 17.1 Å². The smallest absolute Gasteiger partial charge is 0.342 e. The van der Waals surface area contributed by atoms with E-state index in [0.29, 0.717) is 10.6 Å². The minimum absolute atomic E-state index is 0.114. The number of nitrogens with one attached hydrogen (secondary N) is 1. The number of anilines is 1. The number of hydrogen-bond donors (Lipinski definition) is 3. The maximum Gasteiger partial charge on any atom is 0.342 e. The third-order valence-corrected chi connectivity index (χ3v) is 5.65. The zero-order valence-electron chi connectivity index (χ0n) is 15.2. The van der Waals surface area contributed by atoms with Crippen molar-refractivity contribution in [2.24, 2.45) is 5.73 Å². The summed E-state index contributed by atoms with van der Waals surface area (Å²) in [6.45, 7) is -0.573. The number of benzene rings is 1. The van der Waals surface area contributed by atoms with Crippen LogP contribution in [0.4, 0.5) is 5.00 Å². The van der Waals surface area contributed by atoms with Crippen molar-refractivity contribution >= 4 is 34.1 Å². The minimum atomic E-state index is -0.868. The van der Waals surface area contributed by atoms with Crippen molar-refractivity contribution in [1.29, 1.82) is 0 Å². The number of hydrogen-bond acceptors (Lipinski definition) is 7. The van der Waals surface area contributed by atoms with E-state index in [1.807, 2.05) is 0 Å². The van der Waals surface area contributed by atoms with Gasteiger partial charge in [0.05, 0.1) is 12.7 Å². The largest absolute Gasteiger partial charge is 0.504 e. The van der Waals surface area contributed by atoms with Crippen LogP contribution in [0.2, 0.25) is 0 Å². The van der Waals surface area contributed by atoms with Crippen molar-refractivity contribution in [1.82, 2.24) is 0 Å². The molecule has 1 aromatic heterocycles. The predicted molar refractivity (Wildman–Crippen MR) is 103 cm³/mol. The van der Waals surface area contributed by atoms with E-state index in [1.54, 1.807) is 0 Å². The molecule has 8 nitrogen and oxygen atoms in total. The minimum Gasteiger partial charge on any atom is -0.504 e. The molecule has 1 aromatic carbocycles. The van der Waals surface area contributed by atoms with Gasteiger partial charge in [-0.1, -0.05) is 6.07 Å². The third kappa shape index (κ3) is 3.94. The number of thiophene rings is 1. The van der Waals surface area contributed by atoms with Crippen molar-refractivity contribution < 1.29 is 29.0 Å². The van der Waals surface area contributed by atoms with Crippen LogP contribution < -0.4 is 15.8 Å². The second kappa shape index (κ2) is 8.30. The summed E-state index contributed by atoms with van der Waals surface area (Å²) in [4.78, 5) is 37.2. The number of para-hydroxylation sites is 1. The summed E-state index contributed by atoms with van der Waals surface area (Å²) in [5.41, 5.74) is 6.62. The van der Waals surface area contributed by atoms with E-state index >= 15 is 0 Å². The molecule has 1 heterocycles. The molecule has 9 heteroatoms. The van der Waals surface area contributed by atoms with Crippen molar-refractivity contribution in [3.63, 3.8) is 0 Å². The second-order valence-electron chi connectivity index (χ2n) is 6.26. The molecule has 0 spiro atoms. The van der Waals surface area contributed by atoms with E-state index in [4.69, 9.17) is 15.2 Å². The lowest BCUT2D eigenvalue weighted by Crippen LogP contribution is -2.23. The number of amides is 2. The van der Waals surface area contributed by atoms with Crippen molar-refractivity contribution in [2.45, 2.75) is 25.7 Å². The van der Waals surface area contributed by atoms with Crippen LogP contribution in [-0.2, 0) is 22.4 Å². The third-order valence-electron chi connectivity index (χ3n) is 4.44. The molecule has 0 bridgehead atoms. The number of aromatic hydroxyl groups is 1. The molecule has 2 aromatic rings. The molecule has 4 N–H and O–H groups in total. The SMILES string of the molecule is COc1cccc(C(=O)OCC(=O)Nc2sc3c(c2C(N)=O)CCCC3)c1O. The molecule has 0 saturated heterocycles. The molecule has 1 aliphatic carbocycles. The normalized spacial score (nSPS) is 12.8. The van der Waals surface area contributed by atoms with Gasteiger partial charge in [0.1, 0.15) is 10.6 Å². The Morgan fingerprint density at radius 2 is 2.00 bits per heavy atom. The Bertz CT molecular complexity index is 937. The molecule has 28 heavy (non-hydrogen) atoms. The van der Waals surface area contributed by atoms with Crippen LogP contribution in [0.25, 0.3) is 0 Å². The predicted octanol–water partition coefficient (Wildman–Crippen LogP) is 2.24. The Kier molecular flexibility index (Phi) is 5.84. The standard InChI is InChI=1S/C19H20N2O6S/c1-26-12-7-4-6-11(16(12)23)19(25)27-9-14(22)21-18-15(17(20)24)10-5-2-3-8-13(10)28-18/h4,6-7,23H,2-3,5,8-9H2,1H3,(H2,20,24)(H,21,22). The second-order valence-corrected chi connectivity index (χ2v) is 7.37. The molecule has 0 saturated carbocycles. The Morgan fingerprint density at radius 1 is 1.25 bits per heavy atom. The highest BCUT2D eigenvalue weighted by atomic mass is 32.1. The lowest BCUT2D eigenvalue weighted by atomic mass is 9.95. The fourth-order valence-corrected chi connectivity index (χ4v) is 4.45. The Hall–Kier alpha value is -3.07. The Morgan fingerprint density at radius 3 is 2.71 bits per heavy atom. The number of esters is 1. The fourth-order valence-electron chi connectivity index (χ4n) is 3.14. The van der Waals surface area contributed by atoms with Crippen molar-refractivity contribution in [3.8, 4) is 11.5 Å². The lowest BCUT2D eigenvalue weighted by Gasteiger charge is -2.11. The zero-order valence-corrected chi connectivity index (χ0v) is 16.1. The van der Waals surface area contributed by atoms with Gasteiger partial charge in [-0.3, -0.25) is 9.59 Å². The van der Waals surface area contributed by atoms with Crippen LogP contribution in [0.5, 0.6) is 11.5 Å². The van der Waals surface area contributed by atoms with Gasteiger partial charge >= 0.3 is 5.97 Å². The van der Waals surface area contributed by atoms with Gasteiger partial charge in [0.25, 0.3) is 11.8 Å².